The Morgan fingerprint density at radius 2 is 2.00 bits per heavy atom. The molecule has 0 rings (SSSR count). The Bertz CT molecular complexity index is 128. The Kier molecular flexibility index (Phi) is 4.95. The SMILES string of the molecule is CC(C)CCCC(C)(C)OC=O. The third-order valence-electron chi connectivity index (χ3n) is 1.93. The average Bonchev–Trinajstić information content (AvgIpc) is 1.85. The Morgan fingerprint density at radius 1 is 1.42 bits per heavy atom. The Morgan fingerprint density at radius 3 is 2.42 bits per heavy atom. The van der Waals surface area contributed by atoms with E-state index in [0.29, 0.717) is 6.47 Å². The largest absolute Gasteiger partial charge is 0.462 e. The van der Waals surface area contributed by atoms with Crippen molar-refractivity contribution in [2.24, 2.45) is 5.92 Å². The lowest BCUT2D eigenvalue weighted by Crippen LogP contribution is -2.23. The van der Waals surface area contributed by atoms with Crippen LogP contribution in [0.2, 0.25) is 0 Å². The average molecular weight is 172 g/mol. The number of carbonyl (C=O) groups is 1. The highest BCUT2D eigenvalue weighted by Crippen LogP contribution is 2.18. The van der Waals surface area contributed by atoms with E-state index in [1.54, 1.807) is 0 Å². The van der Waals surface area contributed by atoms with Crippen molar-refractivity contribution in [3.8, 4) is 0 Å². The molecule has 0 saturated heterocycles. The molecule has 0 atom stereocenters. The first kappa shape index (κ1) is 11.5. The summed E-state index contributed by atoms with van der Waals surface area (Å²) in [7, 11) is 0. The molecule has 0 aromatic heterocycles. The van der Waals surface area contributed by atoms with Crippen molar-refractivity contribution in [1.29, 1.82) is 0 Å². The van der Waals surface area contributed by atoms with Crippen LogP contribution >= 0.6 is 0 Å². The maximum atomic E-state index is 10.1. The zero-order chi connectivity index (χ0) is 9.61. The molecule has 0 aliphatic rings. The van der Waals surface area contributed by atoms with Crippen LogP contribution in [0, 0.1) is 5.92 Å². The maximum Gasteiger partial charge on any atom is 0.293 e. The smallest absolute Gasteiger partial charge is 0.293 e. The lowest BCUT2D eigenvalue weighted by atomic mass is 9.98. The van der Waals surface area contributed by atoms with Gasteiger partial charge in [0.15, 0.2) is 0 Å². The van der Waals surface area contributed by atoms with Gasteiger partial charge in [0.25, 0.3) is 6.47 Å². The lowest BCUT2D eigenvalue weighted by Gasteiger charge is -2.22. The summed E-state index contributed by atoms with van der Waals surface area (Å²) < 4.78 is 4.93. The molecule has 0 saturated carbocycles. The quantitative estimate of drug-likeness (QED) is 0.576. The summed E-state index contributed by atoms with van der Waals surface area (Å²) in [5.41, 5.74) is -0.281. The molecule has 0 aromatic carbocycles. The third kappa shape index (κ3) is 6.20. The van der Waals surface area contributed by atoms with Crippen molar-refractivity contribution in [2.45, 2.75) is 52.6 Å². The first-order valence-electron chi connectivity index (χ1n) is 4.59. The highest BCUT2D eigenvalue weighted by molar-refractivity contribution is 5.38. The van der Waals surface area contributed by atoms with Gasteiger partial charge in [-0.3, -0.25) is 4.79 Å². The molecule has 0 fully saturated rings. The second-order valence-electron chi connectivity index (χ2n) is 4.26. The standard InChI is InChI=1S/C10H20O2/c1-9(2)6-5-7-10(3,4)12-8-11/h8-9H,5-7H2,1-4H3. The van der Waals surface area contributed by atoms with Crippen molar-refractivity contribution < 1.29 is 9.53 Å². The number of ether oxygens (including phenoxy) is 1. The minimum Gasteiger partial charge on any atom is -0.462 e. The molecule has 0 aromatic rings. The van der Waals surface area contributed by atoms with Crippen LogP contribution in [0.1, 0.15) is 47.0 Å². The van der Waals surface area contributed by atoms with Crippen molar-refractivity contribution in [3.63, 3.8) is 0 Å². The van der Waals surface area contributed by atoms with E-state index >= 15 is 0 Å². The molecule has 0 amide bonds. The van der Waals surface area contributed by atoms with Gasteiger partial charge in [-0.25, -0.2) is 0 Å². The summed E-state index contributed by atoms with van der Waals surface area (Å²) >= 11 is 0. The summed E-state index contributed by atoms with van der Waals surface area (Å²) in [5, 5.41) is 0. The molecule has 0 unspecified atom stereocenters. The second kappa shape index (κ2) is 5.18. The number of carbonyl (C=O) groups excluding carboxylic acids is 1. The van der Waals surface area contributed by atoms with Gasteiger partial charge in [0.2, 0.25) is 0 Å². The van der Waals surface area contributed by atoms with Gasteiger partial charge >= 0.3 is 0 Å². The van der Waals surface area contributed by atoms with E-state index in [2.05, 4.69) is 13.8 Å². The van der Waals surface area contributed by atoms with E-state index in [1.165, 1.54) is 6.42 Å². The van der Waals surface area contributed by atoms with Crippen molar-refractivity contribution in [1.82, 2.24) is 0 Å². The molecule has 0 spiro atoms. The van der Waals surface area contributed by atoms with Gasteiger partial charge in [0, 0.05) is 0 Å². The van der Waals surface area contributed by atoms with Gasteiger partial charge in [-0.05, 0) is 32.6 Å². The van der Waals surface area contributed by atoms with Gasteiger partial charge in [-0.1, -0.05) is 20.3 Å². The molecule has 2 nitrogen and oxygen atoms in total. The van der Waals surface area contributed by atoms with E-state index in [0.717, 1.165) is 18.8 Å². The normalized spacial score (nSPS) is 11.8. The molecular weight excluding hydrogens is 152 g/mol. The molecule has 0 aliphatic heterocycles. The Hall–Kier alpha value is -0.530. The maximum absolute atomic E-state index is 10.1. The van der Waals surface area contributed by atoms with Gasteiger partial charge in [0.05, 0.1) is 0 Å². The fourth-order valence-electron chi connectivity index (χ4n) is 1.13. The summed E-state index contributed by atoms with van der Waals surface area (Å²) in [6.45, 7) is 8.83. The molecule has 12 heavy (non-hydrogen) atoms. The minimum absolute atomic E-state index is 0.281. The fraction of sp³-hybridized carbons (Fsp3) is 0.900. The van der Waals surface area contributed by atoms with Crippen LogP contribution in [0.15, 0.2) is 0 Å². The predicted octanol–water partition coefficient (Wildman–Crippen LogP) is 2.76. The van der Waals surface area contributed by atoms with Gasteiger partial charge < -0.3 is 4.74 Å². The van der Waals surface area contributed by atoms with E-state index in [9.17, 15) is 4.79 Å². The summed E-state index contributed by atoms with van der Waals surface area (Å²) in [4.78, 5) is 10.1. The summed E-state index contributed by atoms with van der Waals surface area (Å²) in [5.74, 6) is 0.733. The van der Waals surface area contributed by atoms with Gasteiger partial charge in [-0.15, -0.1) is 0 Å². The van der Waals surface area contributed by atoms with Crippen LogP contribution in [-0.4, -0.2) is 12.1 Å². The van der Waals surface area contributed by atoms with Crippen molar-refractivity contribution in [3.05, 3.63) is 0 Å². The van der Waals surface area contributed by atoms with Crippen LogP contribution in [-0.2, 0) is 9.53 Å². The summed E-state index contributed by atoms with van der Waals surface area (Å²) in [6.07, 6.45) is 3.27. The molecule has 0 N–H and O–H groups in total. The monoisotopic (exact) mass is 172 g/mol. The molecule has 0 bridgehead atoms. The third-order valence-corrected chi connectivity index (χ3v) is 1.93. The zero-order valence-corrected chi connectivity index (χ0v) is 8.59. The Labute approximate surface area is 75.3 Å². The van der Waals surface area contributed by atoms with E-state index in [1.807, 2.05) is 13.8 Å². The van der Waals surface area contributed by atoms with Gasteiger partial charge in [0.1, 0.15) is 5.60 Å². The first-order chi connectivity index (χ1) is 5.48. The Balaban J connectivity index is 3.53. The van der Waals surface area contributed by atoms with Crippen LogP contribution < -0.4 is 0 Å². The number of hydrogen-bond donors (Lipinski definition) is 0. The zero-order valence-electron chi connectivity index (χ0n) is 8.59. The number of hydrogen-bond acceptors (Lipinski definition) is 2. The van der Waals surface area contributed by atoms with Crippen LogP contribution in [0.25, 0.3) is 0 Å². The molecule has 72 valence electrons. The topological polar surface area (TPSA) is 26.3 Å². The van der Waals surface area contributed by atoms with E-state index < -0.39 is 0 Å². The molecular formula is C10H20O2. The summed E-state index contributed by atoms with van der Waals surface area (Å²) in [6, 6.07) is 0. The van der Waals surface area contributed by atoms with Crippen molar-refractivity contribution >= 4 is 6.47 Å². The van der Waals surface area contributed by atoms with Gasteiger partial charge in [-0.2, -0.15) is 0 Å². The van der Waals surface area contributed by atoms with Crippen LogP contribution in [0.3, 0.4) is 0 Å². The number of rotatable bonds is 6. The molecule has 0 radical (unpaired) electrons. The van der Waals surface area contributed by atoms with Crippen molar-refractivity contribution in [2.75, 3.05) is 0 Å². The second-order valence-corrected chi connectivity index (χ2v) is 4.26. The molecule has 0 aliphatic carbocycles. The fourth-order valence-corrected chi connectivity index (χ4v) is 1.13. The van der Waals surface area contributed by atoms with E-state index in [-0.39, 0.29) is 5.60 Å². The molecule has 2 heteroatoms. The van der Waals surface area contributed by atoms with Crippen LogP contribution in [0.4, 0.5) is 0 Å². The predicted molar refractivity (Wildman–Crippen MR) is 49.9 cm³/mol. The highest BCUT2D eigenvalue weighted by atomic mass is 16.5. The first-order valence-corrected chi connectivity index (χ1v) is 4.59. The highest BCUT2D eigenvalue weighted by Gasteiger charge is 2.17. The lowest BCUT2D eigenvalue weighted by molar-refractivity contribution is -0.140. The van der Waals surface area contributed by atoms with Crippen LogP contribution in [0.5, 0.6) is 0 Å². The van der Waals surface area contributed by atoms with E-state index in [4.69, 9.17) is 4.74 Å². The molecule has 0 heterocycles. The minimum atomic E-state index is -0.281.